The maximum absolute atomic E-state index is 12.2. The summed E-state index contributed by atoms with van der Waals surface area (Å²) in [5.41, 5.74) is 11.7. The number of nitrogens with two attached hydrogens (primary N) is 2. The molecule has 1 aromatic rings. The third-order valence-electron chi connectivity index (χ3n) is 3.14. The standard InChI is InChI=1S/C13H19N3O3S2/c1-2-19-13(18)8-9(14)10(11(15)17)21-12(8)16-4-3-6-20-7-5-16/h2-7,14H2,1H3,(H2,15,17). The predicted octanol–water partition coefficient (Wildman–Crippen LogP) is 1.55. The highest BCUT2D eigenvalue weighted by atomic mass is 32.2. The van der Waals surface area contributed by atoms with Gasteiger partial charge < -0.3 is 21.1 Å². The van der Waals surface area contributed by atoms with Gasteiger partial charge in [-0.25, -0.2) is 4.79 Å². The van der Waals surface area contributed by atoms with Crippen LogP contribution in [0.25, 0.3) is 0 Å². The third kappa shape index (κ3) is 3.44. The second-order valence-electron chi connectivity index (χ2n) is 4.56. The van der Waals surface area contributed by atoms with Gasteiger partial charge in [0, 0.05) is 18.8 Å². The van der Waals surface area contributed by atoms with Crippen molar-refractivity contribution in [3.63, 3.8) is 0 Å². The lowest BCUT2D eigenvalue weighted by Gasteiger charge is -2.21. The number of thioether (sulfide) groups is 1. The number of thiophene rings is 1. The molecule has 4 N–H and O–H groups in total. The molecule has 0 unspecified atom stereocenters. The number of ether oxygens (including phenoxy) is 1. The topological polar surface area (TPSA) is 98.6 Å². The molecule has 21 heavy (non-hydrogen) atoms. The highest BCUT2D eigenvalue weighted by Crippen LogP contribution is 2.39. The first-order chi connectivity index (χ1) is 10.1. The summed E-state index contributed by atoms with van der Waals surface area (Å²) in [6.07, 6.45) is 1.02. The first kappa shape index (κ1) is 16.0. The molecule has 0 saturated carbocycles. The summed E-state index contributed by atoms with van der Waals surface area (Å²) >= 11 is 3.06. The Balaban J connectivity index is 2.44. The molecule has 8 heteroatoms. The number of anilines is 2. The Labute approximate surface area is 131 Å². The van der Waals surface area contributed by atoms with Crippen molar-refractivity contribution in [2.45, 2.75) is 13.3 Å². The molecule has 1 aromatic heterocycles. The molecule has 0 atom stereocenters. The lowest BCUT2D eigenvalue weighted by molar-refractivity contribution is 0.0529. The van der Waals surface area contributed by atoms with Crippen LogP contribution in [0.2, 0.25) is 0 Å². The van der Waals surface area contributed by atoms with Gasteiger partial charge in [-0.3, -0.25) is 4.79 Å². The Bertz CT molecular complexity index is 537. The summed E-state index contributed by atoms with van der Waals surface area (Å²) in [6.45, 7) is 3.64. The van der Waals surface area contributed by atoms with Gasteiger partial charge in [0.15, 0.2) is 0 Å². The van der Waals surface area contributed by atoms with Gasteiger partial charge in [-0.05, 0) is 19.1 Å². The van der Waals surface area contributed by atoms with E-state index in [-0.39, 0.29) is 22.7 Å². The third-order valence-corrected chi connectivity index (χ3v) is 5.47. The van der Waals surface area contributed by atoms with E-state index < -0.39 is 11.9 Å². The largest absolute Gasteiger partial charge is 0.462 e. The van der Waals surface area contributed by atoms with Crippen LogP contribution >= 0.6 is 23.1 Å². The summed E-state index contributed by atoms with van der Waals surface area (Å²) in [5, 5.41) is 0.697. The van der Waals surface area contributed by atoms with Gasteiger partial charge in [-0.15, -0.1) is 11.3 Å². The van der Waals surface area contributed by atoms with E-state index in [9.17, 15) is 9.59 Å². The number of nitrogens with zero attached hydrogens (tertiary/aromatic N) is 1. The van der Waals surface area contributed by atoms with Crippen molar-refractivity contribution in [1.29, 1.82) is 0 Å². The van der Waals surface area contributed by atoms with Crippen molar-refractivity contribution in [3.8, 4) is 0 Å². The number of esters is 1. The van der Waals surface area contributed by atoms with Crippen molar-refractivity contribution < 1.29 is 14.3 Å². The van der Waals surface area contributed by atoms with Crippen molar-refractivity contribution >= 4 is 45.7 Å². The SMILES string of the molecule is CCOC(=O)c1c(N2CCCSCC2)sc(C(N)=O)c1N. The minimum absolute atomic E-state index is 0.137. The van der Waals surface area contributed by atoms with E-state index in [1.165, 1.54) is 11.3 Å². The number of hydrogen-bond donors (Lipinski definition) is 2. The maximum atomic E-state index is 12.2. The van der Waals surface area contributed by atoms with E-state index in [2.05, 4.69) is 4.90 Å². The van der Waals surface area contributed by atoms with Gasteiger partial charge in [0.05, 0.1) is 12.3 Å². The van der Waals surface area contributed by atoms with Gasteiger partial charge in [0.25, 0.3) is 5.91 Å². The van der Waals surface area contributed by atoms with Gasteiger partial charge in [-0.1, -0.05) is 0 Å². The average Bonchev–Trinajstić information content (AvgIpc) is 2.63. The summed E-state index contributed by atoms with van der Waals surface area (Å²) in [5.74, 6) is 0.963. The van der Waals surface area contributed by atoms with Crippen molar-refractivity contribution in [1.82, 2.24) is 0 Å². The number of rotatable bonds is 4. The fourth-order valence-corrected chi connectivity index (χ4v) is 4.19. The van der Waals surface area contributed by atoms with Crippen LogP contribution in [-0.2, 0) is 4.74 Å². The minimum atomic E-state index is -0.613. The molecule has 2 rings (SSSR count). The summed E-state index contributed by atoms with van der Waals surface area (Å²) < 4.78 is 5.07. The second-order valence-corrected chi connectivity index (χ2v) is 6.79. The minimum Gasteiger partial charge on any atom is -0.462 e. The molecule has 0 spiro atoms. The Kier molecular flexibility index (Phi) is 5.35. The molecule has 1 aliphatic rings. The van der Waals surface area contributed by atoms with E-state index in [1.807, 2.05) is 11.8 Å². The Morgan fingerprint density at radius 1 is 1.33 bits per heavy atom. The Morgan fingerprint density at radius 3 is 2.76 bits per heavy atom. The van der Waals surface area contributed by atoms with E-state index in [0.717, 1.165) is 31.0 Å². The molecule has 1 fully saturated rings. The van der Waals surface area contributed by atoms with E-state index in [4.69, 9.17) is 16.2 Å². The Hall–Kier alpha value is -1.41. The number of carbonyl (C=O) groups is 2. The molecular weight excluding hydrogens is 310 g/mol. The highest BCUT2D eigenvalue weighted by molar-refractivity contribution is 7.99. The maximum Gasteiger partial charge on any atom is 0.343 e. The van der Waals surface area contributed by atoms with Crippen LogP contribution < -0.4 is 16.4 Å². The summed E-state index contributed by atoms with van der Waals surface area (Å²) in [7, 11) is 0. The van der Waals surface area contributed by atoms with Crippen LogP contribution in [0.4, 0.5) is 10.7 Å². The number of primary amides is 1. The van der Waals surface area contributed by atoms with Crippen LogP contribution in [0, 0.1) is 0 Å². The summed E-state index contributed by atoms with van der Waals surface area (Å²) in [6, 6.07) is 0. The molecule has 1 amide bonds. The lowest BCUT2D eigenvalue weighted by Crippen LogP contribution is -2.26. The number of nitrogen functional groups attached to an aromatic ring is 1. The molecule has 6 nitrogen and oxygen atoms in total. The van der Waals surface area contributed by atoms with Gasteiger partial charge >= 0.3 is 5.97 Å². The zero-order valence-electron chi connectivity index (χ0n) is 11.9. The molecule has 0 aromatic carbocycles. The first-order valence-electron chi connectivity index (χ1n) is 6.78. The van der Waals surface area contributed by atoms with Crippen LogP contribution in [0.3, 0.4) is 0 Å². The first-order valence-corrected chi connectivity index (χ1v) is 8.75. The van der Waals surface area contributed by atoms with E-state index >= 15 is 0 Å². The predicted molar refractivity (Wildman–Crippen MR) is 87.4 cm³/mol. The molecule has 0 bridgehead atoms. The monoisotopic (exact) mass is 329 g/mol. The number of carbonyl (C=O) groups excluding carboxylic acids is 2. The fraction of sp³-hybridized carbons (Fsp3) is 0.538. The highest BCUT2D eigenvalue weighted by Gasteiger charge is 2.28. The van der Waals surface area contributed by atoms with Crippen molar-refractivity contribution in [3.05, 3.63) is 10.4 Å². The van der Waals surface area contributed by atoms with Crippen molar-refractivity contribution in [2.75, 3.05) is 41.8 Å². The lowest BCUT2D eigenvalue weighted by atomic mass is 10.2. The normalized spacial score (nSPS) is 15.6. The van der Waals surface area contributed by atoms with Gasteiger partial charge in [0.1, 0.15) is 15.4 Å². The molecule has 2 heterocycles. The average molecular weight is 329 g/mol. The molecule has 1 saturated heterocycles. The molecule has 116 valence electrons. The second kappa shape index (κ2) is 7.04. The van der Waals surface area contributed by atoms with Crippen molar-refractivity contribution in [2.24, 2.45) is 5.73 Å². The summed E-state index contributed by atoms with van der Waals surface area (Å²) in [4.78, 5) is 26.0. The number of hydrogen-bond acceptors (Lipinski definition) is 7. The van der Waals surface area contributed by atoms with E-state index in [1.54, 1.807) is 6.92 Å². The number of amides is 1. The Morgan fingerprint density at radius 2 is 2.10 bits per heavy atom. The van der Waals surface area contributed by atoms with Crippen LogP contribution in [0.1, 0.15) is 33.4 Å². The van der Waals surface area contributed by atoms with E-state index in [0.29, 0.717) is 5.00 Å². The van der Waals surface area contributed by atoms with Crippen LogP contribution in [0.15, 0.2) is 0 Å². The molecule has 0 radical (unpaired) electrons. The van der Waals surface area contributed by atoms with Crippen LogP contribution in [0.5, 0.6) is 0 Å². The molecular formula is C13H19N3O3S2. The fourth-order valence-electron chi connectivity index (χ4n) is 2.19. The smallest absolute Gasteiger partial charge is 0.343 e. The quantitative estimate of drug-likeness (QED) is 0.813. The zero-order chi connectivity index (χ0) is 15.4. The molecule has 0 aliphatic carbocycles. The van der Waals surface area contributed by atoms with Gasteiger partial charge in [-0.2, -0.15) is 11.8 Å². The van der Waals surface area contributed by atoms with Gasteiger partial charge in [0.2, 0.25) is 0 Å². The van der Waals surface area contributed by atoms with Crippen LogP contribution in [-0.4, -0.2) is 43.1 Å². The zero-order valence-corrected chi connectivity index (χ0v) is 13.5. The molecule has 1 aliphatic heterocycles.